The highest BCUT2D eigenvalue weighted by molar-refractivity contribution is 5.97. The fraction of sp³-hybridized carbons (Fsp3) is 0.364. The Hall–Kier alpha value is -3.06. The molecule has 7 nitrogen and oxygen atoms in total. The number of para-hydroxylation sites is 1. The van der Waals surface area contributed by atoms with Crippen molar-refractivity contribution in [2.24, 2.45) is 4.99 Å². The topological polar surface area (TPSA) is 97.6 Å². The number of fused-ring (bicyclic) bond motifs is 2. The molecule has 0 saturated heterocycles. The summed E-state index contributed by atoms with van der Waals surface area (Å²) in [5.74, 6) is 0.970. The van der Waals surface area contributed by atoms with Gasteiger partial charge in [-0.15, -0.1) is 0 Å². The molecule has 0 spiro atoms. The van der Waals surface area contributed by atoms with Crippen molar-refractivity contribution in [1.29, 1.82) is 0 Å². The SMILES string of the molecule is Nc1oc2ccccc2c(=O)c1CN1CCc2nc(C3=NCCCC3)ncc2C1. The van der Waals surface area contributed by atoms with E-state index in [1.165, 1.54) is 0 Å². The minimum absolute atomic E-state index is 0.0583. The highest BCUT2D eigenvalue weighted by atomic mass is 16.3. The van der Waals surface area contributed by atoms with Gasteiger partial charge in [0.15, 0.2) is 17.1 Å². The van der Waals surface area contributed by atoms with Crippen molar-refractivity contribution < 1.29 is 4.42 Å². The second-order valence-electron chi connectivity index (χ2n) is 7.68. The van der Waals surface area contributed by atoms with Crippen LogP contribution in [-0.4, -0.2) is 33.7 Å². The summed E-state index contributed by atoms with van der Waals surface area (Å²) in [5.41, 5.74) is 10.3. The Kier molecular flexibility index (Phi) is 4.60. The molecule has 0 fully saturated rings. The van der Waals surface area contributed by atoms with Crippen LogP contribution in [0.15, 0.2) is 44.7 Å². The van der Waals surface area contributed by atoms with E-state index in [2.05, 4.69) is 14.9 Å². The van der Waals surface area contributed by atoms with Crippen LogP contribution >= 0.6 is 0 Å². The molecule has 4 heterocycles. The van der Waals surface area contributed by atoms with Crippen molar-refractivity contribution in [3.05, 3.63) is 63.3 Å². The summed E-state index contributed by atoms with van der Waals surface area (Å²) >= 11 is 0. The zero-order valence-electron chi connectivity index (χ0n) is 16.2. The van der Waals surface area contributed by atoms with Gasteiger partial charge in [0.25, 0.3) is 0 Å². The molecule has 0 aliphatic carbocycles. The smallest absolute Gasteiger partial charge is 0.199 e. The molecular weight excluding hydrogens is 366 g/mol. The Morgan fingerprint density at radius 2 is 2.07 bits per heavy atom. The highest BCUT2D eigenvalue weighted by Crippen LogP contribution is 2.23. The van der Waals surface area contributed by atoms with Crippen LogP contribution < -0.4 is 11.2 Å². The van der Waals surface area contributed by atoms with Crippen molar-refractivity contribution in [3.63, 3.8) is 0 Å². The van der Waals surface area contributed by atoms with E-state index in [1.807, 2.05) is 18.3 Å². The van der Waals surface area contributed by atoms with Crippen LogP contribution in [-0.2, 0) is 19.5 Å². The molecule has 1 aromatic carbocycles. The van der Waals surface area contributed by atoms with Gasteiger partial charge in [-0.1, -0.05) is 12.1 Å². The zero-order valence-corrected chi connectivity index (χ0v) is 16.2. The molecule has 5 rings (SSSR count). The number of benzene rings is 1. The number of nitrogen functional groups attached to an aromatic ring is 1. The fourth-order valence-corrected chi connectivity index (χ4v) is 4.10. The number of rotatable bonds is 3. The molecule has 0 bridgehead atoms. The lowest BCUT2D eigenvalue weighted by Gasteiger charge is -2.28. The predicted octanol–water partition coefficient (Wildman–Crippen LogP) is 2.70. The van der Waals surface area contributed by atoms with Crippen LogP contribution in [0.25, 0.3) is 11.0 Å². The average molecular weight is 389 g/mol. The maximum atomic E-state index is 12.9. The van der Waals surface area contributed by atoms with Gasteiger partial charge in [0.05, 0.1) is 22.4 Å². The minimum atomic E-state index is -0.0583. The lowest BCUT2D eigenvalue weighted by atomic mass is 10.0. The first-order valence-corrected chi connectivity index (χ1v) is 10.1. The highest BCUT2D eigenvalue weighted by Gasteiger charge is 2.22. The third-order valence-electron chi connectivity index (χ3n) is 5.70. The number of aliphatic imine (C=N–C) groups is 1. The standard InChI is InChI=1S/C22H23N5O2/c23-21-16(20(28)15-5-1-2-7-19(15)29-21)13-27-10-8-17-14(12-27)11-25-22(26-17)18-6-3-4-9-24-18/h1-2,5,7,11H,3-4,6,8-10,12-13,23H2. The lowest BCUT2D eigenvalue weighted by molar-refractivity contribution is 0.241. The van der Waals surface area contributed by atoms with E-state index in [1.54, 1.807) is 12.1 Å². The first-order chi connectivity index (χ1) is 14.2. The maximum absolute atomic E-state index is 12.9. The quantitative estimate of drug-likeness (QED) is 0.740. The molecule has 2 N–H and O–H groups in total. The van der Waals surface area contributed by atoms with Crippen molar-refractivity contribution >= 4 is 22.6 Å². The Bertz CT molecular complexity index is 1170. The van der Waals surface area contributed by atoms with Crippen LogP contribution in [0, 0.1) is 0 Å². The average Bonchev–Trinajstić information content (AvgIpc) is 2.77. The summed E-state index contributed by atoms with van der Waals surface area (Å²) in [6.07, 6.45) is 5.99. The summed E-state index contributed by atoms with van der Waals surface area (Å²) in [6.45, 7) is 2.82. The molecule has 7 heteroatoms. The second-order valence-corrected chi connectivity index (χ2v) is 7.68. The van der Waals surface area contributed by atoms with Crippen LogP contribution in [0.1, 0.15) is 41.9 Å². The molecular formula is C22H23N5O2. The monoisotopic (exact) mass is 389 g/mol. The van der Waals surface area contributed by atoms with Crippen LogP contribution in [0.5, 0.6) is 0 Å². The van der Waals surface area contributed by atoms with Crippen LogP contribution in [0.4, 0.5) is 5.88 Å². The number of hydrogen-bond acceptors (Lipinski definition) is 7. The van der Waals surface area contributed by atoms with E-state index in [9.17, 15) is 4.79 Å². The number of nitrogens with zero attached hydrogens (tertiary/aromatic N) is 4. The summed E-state index contributed by atoms with van der Waals surface area (Å²) in [7, 11) is 0. The van der Waals surface area contributed by atoms with Gasteiger partial charge < -0.3 is 10.2 Å². The molecule has 0 radical (unpaired) electrons. The molecule has 29 heavy (non-hydrogen) atoms. The zero-order chi connectivity index (χ0) is 19.8. The minimum Gasteiger partial charge on any atom is -0.440 e. The molecule has 0 saturated carbocycles. The van der Waals surface area contributed by atoms with E-state index in [-0.39, 0.29) is 11.3 Å². The van der Waals surface area contributed by atoms with Crippen LogP contribution in [0.3, 0.4) is 0 Å². The Morgan fingerprint density at radius 1 is 1.17 bits per heavy atom. The van der Waals surface area contributed by atoms with Gasteiger partial charge in [0, 0.05) is 44.4 Å². The normalized spacial score (nSPS) is 17.2. The Morgan fingerprint density at radius 3 is 2.93 bits per heavy atom. The summed E-state index contributed by atoms with van der Waals surface area (Å²) in [6, 6.07) is 7.21. The van der Waals surface area contributed by atoms with E-state index >= 15 is 0 Å². The Labute approximate surface area is 168 Å². The van der Waals surface area contributed by atoms with Gasteiger partial charge >= 0.3 is 0 Å². The van der Waals surface area contributed by atoms with Crippen molar-refractivity contribution in [2.75, 3.05) is 18.8 Å². The van der Waals surface area contributed by atoms with E-state index in [0.717, 1.165) is 61.6 Å². The first kappa shape index (κ1) is 18.0. The van der Waals surface area contributed by atoms with Gasteiger partial charge in [0.1, 0.15) is 5.58 Å². The third kappa shape index (κ3) is 3.42. The van der Waals surface area contributed by atoms with Gasteiger partial charge in [-0.3, -0.25) is 14.7 Å². The largest absolute Gasteiger partial charge is 0.440 e. The third-order valence-corrected chi connectivity index (χ3v) is 5.70. The number of aromatic nitrogens is 2. The van der Waals surface area contributed by atoms with Crippen molar-refractivity contribution in [3.8, 4) is 0 Å². The molecule has 2 aromatic heterocycles. The molecule has 3 aromatic rings. The van der Waals surface area contributed by atoms with Crippen molar-refractivity contribution in [2.45, 2.75) is 38.8 Å². The van der Waals surface area contributed by atoms with Crippen molar-refractivity contribution in [1.82, 2.24) is 14.9 Å². The molecule has 148 valence electrons. The molecule has 0 unspecified atom stereocenters. The van der Waals surface area contributed by atoms with E-state index < -0.39 is 0 Å². The Balaban J connectivity index is 1.38. The fourth-order valence-electron chi connectivity index (χ4n) is 4.10. The van der Waals surface area contributed by atoms with E-state index in [4.69, 9.17) is 15.1 Å². The maximum Gasteiger partial charge on any atom is 0.199 e. The molecule has 0 atom stereocenters. The predicted molar refractivity (Wildman–Crippen MR) is 112 cm³/mol. The van der Waals surface area contributed by atoms with Gasteiger partial charge in [-0.05, 0) is 31.4 Å². The molecule has 0 amide bonds. The van der Waals surface area contributed by atoms with Crippen LogP contribution in [0.2, 0.25) is 0 Å². The van der Waals surface area contributed by atoms with E-state index in [0.29, 0.717) is 29.6 Å². The second kappa shape index (κ2) is 7.40. The summed E-state index contributed by atoms with van der Waals surface area (Å²) in [5, 5.41) is 0.565. The van der Waals surface area contributed by atoms with Gasteiger partial charge in [-0.25, -0.2) is 9.97 Å². The number of hydrogen-bond donors (Lipinski definition) is 1. The molecule has 2 aliphatic rings. The number of nitrogens with two attached hydrogens (primary N) is 1. The summed E-state index contributed by atoms with van der Waals surface area (Å²) < 4.78 is 5.68. The lowest BCUT2D eigenvalue weighted by Crippen LogP contribution is -2.33. The molecule has 2 aliphatic heterocycles. The first-order valence-electron chi connectivity index (χ1n) is 10.1. The number of anilines is 1. The van der Waals surface area contributed by atoms with Gasteiger partial charge in [-0.2, -0.15) is 0 Å². The summed E-state index contributed by atoms with van der Waals surface area (Å²) in [4.78, 5) is 29.0. The van der Waals surface area contributed by atoms with Gasteiger partial charge in [0.2, 0.25) is 0 Å².